The van der Waals surface area contributed by atoms with Gasteiger partial charge in [0.05, 0.1) is 6.26 Å². The molecular formula is C11H15F2N3O3S. The maximum Gasteiger partial charge on any atom is 0.251 e. The lowest BCUT2D eigenvalue weighted by Gasteiger charge is -2.07. The predicted molar refractivity (Wildman–Crippen MR) is 70.6 cm³/mol. The number of anilines is 1. The van der Waals surface area contributed by atoms with Crippen molar-refractivity contribution in [3.63, 3.8) is 0 Å². The van der Waals surface area contributed by atoms with E-state index < -0.39 is 33.3 Å². The molecule has 4 N–H and O–H groups in total. The second-order valence-corrected chi connectivity index (χ2v) is 5.96. The van der Waals surface area contributed by atoms with Crippen LogP contribution in [-0.2, 0) is 10.0 Å². The molecule has 0 radical (unpaired) electrons. The summed E-state index contributed by atoms with van der Waals surface area (Å²) in [6.45, 7) is 0.318. The van der Waals surface area contributed by atoms with Gasteiger partial charge in [-0.15, -0.1) is 0 Å². The number of carbonyl (C=O) groups is 1. The van der Waals surface area contributed by atoms with Crippen LogP contribution in [0, 0.1) is 11.6 Å². The molecule has 0 bridgehead atoms. The maximum atomic E-state index is 13.2. The highest BCUT2D eigenvalue weighted by Crippen LogP contribution is 2.17. The normalized spacial score (nSPS) is 11.3. The number of sulfonamides is 1. The van der Waals surface area contributed by atoms with Crippen LogP contribution < -0.4 is 15.8 Å². The SMILES string of the molecule is CS(=O)(=O)NCCCNC(=O)c1cc(F)c(N)c(F)c1. The van der Waals surface area contributed by atoms with Crippen molar-refractivity contribution in [1.29, 1.82) is 0 Å². The highest BCUT2D eigenvalue weighted by atomic mass is 32.2. The summed E-state index contributed by atoms with van der Waals surface area (Å²) >= 11 is 0. The number of nitrogens with one attached hydrogen (secondary N) is 2. The van der Waals surface area contributed by atoms with E-state index in [9.17, 15) is 22.0 Å². The van der Waals surface area contributed by atoms with Crippen LogP contribution in [0.1, 0.15) is 16.8 Å². The van der Waals surface area contributed by atoms with Gasteiger partial charge in [-0.05, 0) is 18.6 Å². The molecule has 1 aromatic rings. The van der Waals surface area contributed by atoms with Crippen LogP contribution >= 0.6 is 0 Å². The Bertz CT molecular complexity index is 582. The van der Waals surface area contributed by atoms with Gasteiger partial charge in [-0.1, -0.05) is 0 Å². The smallest absolute Gasteiger partial charge is 0.251 e. The Morgan fingerprint density at radius 1 is 1.25 bits per heavy atom. The molecule has 0 saturated carbocycles. The van der Waals surface area contributed by atoms with Crippen molar-refractivity contribution in [3.05, 3.63) is 29.3 Å². The minimum absolute atomic E-state index is 0.156. The summed E-state index contributed by atoms with van der Waals surface area (Å²) in [7, 11) is -3.27. The van der Waals surface area contributed by atoms with E-state index in [2.05, 4.69) is 10.0 Å². The highest BCUT2D eigenvalue weighted by molar-refractivity contribution is 7.88. The fourth-order valence-corrected chi connectivity index (χ4v) is 1.88. The molecule has 0 aliphatic heterocycles. The van der Waals surface area contributed by atoms with Crippen molar-refractivity contribution in [2.24, 2.45) is 0 Å². The molecule has 0 atom stereocenters. The summed E-state index contributed by atoms with van der Waals surface area (Å²) in [5.74, 6) is -2.68. The summed E-state index contributed by atoms with van der Waals surface area (Å²) in [6.07, 6.45) is 1.37. The van der Waals surface area contributed by atoms with Crippen molar-refractivity contribution in [1.82, 2.24) is 10.0 Å². The van der Waals surface area contributed by atoms with Gasteiger partial charge in [-0.3, -0.25) is 4.79 Å². The average molecular weight is 307 g/mol. The molecule has 112 valence electrons. The predicted octanol–water partition coefficient (Wildman–Crippen LogP) is 0.216. The molecule has 0 fully saturated rings. The largest absolute Gasteiger partial charge is 0.394 e. The van der Waals surface area contributed by atoms with Crippen LogP contribution in [0.5, 0.6) is 0 Å². The molecule has 20 heavy (non-hydrogen) atoms. The molecule has 1 aromatic carbocycles. The third-order valence-corrected chi connectivity index (χ3v) is 3.07. The zero-order chi connectivity index (χ0) is 15.3. The van der Waals surface area contributed by atoms with E-state index in [1.165, 1.54) is 0 Å². The summed E-state index contributed by atoms with van der Waals surface area (Å²) in [4.78, 5) is 11.6. The van der Waals surface area contributed by atoms with Gasteiger partial charge in [0, 0.05) is 18.7 Å². The first-order chi connectivity index (χ1) is 9.20. The van der Waals surface area contributed by atoms with Gasteiger partial charge in [0.15, 0.2) is 0 Å². The fourth-order valence-electron chi connectivity index (χ4n) is 1.37. The summed E-state index contributed by atoms with van der Waals surface area (Å²) in [5.41, 5.74) is 4.25. The average Bonchev–Trinajstić information content (AvgIpc) is 2.33. The first kappa shape index (κ1) is 16.3. The molecule has 0 aliphatic carbocycles. The van der Waals surface area contributed by atoms with Crippen molar-refractivity contribution in [2.75, 3.05) is 25.1 Å². The zero-order valence-electron chi connectivity index (χ0n) is 10.7. The minimum atomic E-state index is -3.27. The second-order valence-electron chi connectivity index (χ2n) is 4.13. The number of halogens is 2. The lowest BCUT2D eigenvalue weighted by Crippen LogP contribution is -2.29. The van der Waals surface area contributed by atoms with Crippen LogP contribution in [0.25, 0.3) is 0 Å². The quantitative estimate of drug-likeness (QED) is 0.517. The Morgan fingerprint density at radius 2 is 1.80 bits per heavy atom. The van der Waals surface area contributed by atoms with Crippen LogP contribution in [0.3, 0.4) is 0 Å². The number of carbonyl (C=O) groups excluding carboxylic acids is 1. The monoisotopic (exact) mass is 307 g/mol. The van der Waals surface area contributed by atoms with Gasteiger partial charge in [0.2, 0.25) is 10.0 Å². The van der Waals surface area contributed by atoms with Gasteiger partial charge in [0.25, 0.3) is 5.91 Å². The summed E-state index contributed by atoms with van der Waals surface area (Å²) in [5, 5.41) is 2.41. The fraction of sp³-hybridized carbons (Fsp3) is 0.364. The standard InChI is InChI=1S/C11H15F2N3O3S/c1-20(18,19)16-4-2-3-15-11(17)7-5-8(12)10(14)9(13)6-7/h5-6,16H,2-4,14H2,1H3,(H,15,17). The van der Waals surface area contributed by atoms with E-state index in [4.69, 9.17) is 5.73 Å². The first-order valence-electron chi connectivity index (χ1n) is 5.68. The molecule has 0 heterocycles. The maximum absolute atomic E-state index is 13.2. The Hall–Kier alpha value is -1.74. The van der Waals surface area contributed by atoms with Gasteiger partial charge in [-0.25, -0.2) is 21.9 Å². The van der Waals surface area contributed by atoms with Crippen molar-refractivity contribution in [3.8, 4) is 0 Å². The van der Waals surface area contributed by atoms with Crippen LogP contribution in [-0.4, -0.2) is 33.7 Å². The molecule has 6 nitrogen and oxygen atoms in total. The lowest BCUT2D eigenvalue weighted by molar-refractivity contribution is 0.0952. The number of benzene rings is 1. The van der Waals surface area contributed by atoms with Gasteiger partial charge < -0.3 is 11.1 Å². The molecule has 9 heteroatoms. The molecule has 1 rings (SSSR count). The molecule has 0 aromatic heterocycles. The van der Waals surface area contributed by atoms with Crippen LogP contribution in [0.15, 0.2) is 12.1 Å². The molecule has 0 saturated heterocycles. The number of hydrogen-bond acceptors (Lipinski definition) is 4. The van der Waals surface area contributed by atoms with E-state index in [0.29, 0.717) is 6.42 Å². The number of nitrogen functional groups attached to an aromatic ring is 1. The Labute approximate surface area is 115 Å². The van der Waals surface area contributed by atoms with Gasteiger partial charge in [-0.2, -0.15) is 0 Å². The molecule has 0 unspecified atom stereocenters. The van der Waals surface area contributed by atoms with E-state index >= 15 is 0 Å². The van der Waals surface area contributed by atoms with Gasteiger partial charge >= 0.3 is 0 Å². The van der Waals surface area contributed by atoms with E-state index in [-0.39, 0.29) is 18.7 Å². The number of rotatable bonds is 6. The van der Waals surface area contributed by atoms with E-state index in [0.717, 1.165) is 18.4 Å². The molecule has 1 amide bonds. The van der Waals surface area contributed by atoms with Crippen LogP contribution in [0.2, 0.25) is 0 Å². The minimum Gasteiger partial charge on any atom is -0.394 e. The van der Waals surface area contributed by atoms with Crippen LogP contribution in [0.4, 0.5) is 14.5 Å². The van der Waals surface area contributed by atoms with E-state index in [1.807, 2.05) is 0 Å². The zero-order valence-corrected chi connectivity index (χ0v) is 11.6. The van der Waals surface area contributed by atoms with Crippen molar-refractivity contribution in [2.45, 2.75) is 6.42 Å². The molecule has 0 aliphatic rings. The summed E-state index contributed by atoms with van der Waals surface area (Å²) < 4.78 is 50.1. The Kier molecular flexibility index (Phi) is 5.40. The Morgan fingerprint density at radius 3 is 2.30 bits per heavy atom. The van der Waals surface area contributed by atoms with Gasteiger partial charge in [0.1, 0.15) is 17.3 Å². The molecular weight excluding hydrogens is 292 g/mol. The number of nitrogens with two attached hydrogens (primary N) is 1. The number of hydrogen-bond donors (Lipinski definition) is 3. The number of amides is 1. The first-order valence-corrected chi connectivity index (χ1v) is 7.57. The van der Waals surface area contributed by atoms with E-state index in [1.54, 1.807) is 0 Å². The summed E-state index contributed by atoms with van der Waals surface area (Å²) in [6, 6.07) is 1.67. The van der Waals surface area contributed by atoms with Crippen molar-refractivity contribution < 1.29 is 22.0 Å². The molecule has 0 spiro atoms. The topological polar surface area (TPSA) is 101 Å². The lowest BCUT2D eigenvalue weighted by atomic mass is 10.1. The van der Waals surface area contributed by atoms with Crippen molar-refractivity contribution >= 4 is 21.6 Å². The third kappa shape index (κ3) is 5.10. The highest BCUT2D eigenvalue weighted by Gasteiger charge is 2.12. The second kappa shape index (κ2) is 6.62. The third-order valence-electron chi connectivity index (χ3n) is 2.34. The Balaban J connectivity index is 2.48.